The van der Waals surface area contributed by atoms with Gasteiger partial charge in [-0.25, -0.2) is 16.8 Å². The maximum Gasteiger partial charge on any atom is 0.152 e. The molecule has 112 valence electrons. The molecular weight excluding hydrogens is 298 g/mol. The minimum Gasteiger partial charge on any atom is -0.296 e. The van der Waals surface area contributed by atoms with Crippen LogP contribution in [0.2, 0.25) is 0 Å². The van der Waals surface area contributed by atoms with Crippen LogP contribution >= 0.6 is 0 Å². The quantitative estimate of drug-likeness (QED) is 0.800. The lowest BCUT2D eigenvalue weighted by atomic mass is 10.2. The van der Waals surface area contributed by atoms with Gasteiger partial charge < -0.3 is 0 Å². The molecule has 0 amide bonds. The van der Waals surface area contributed by atoms with Crippen LogP contribution in [0.15, 0.2) is 30.3 Å². The lowest BCUT2D eigenvalue weighted by Gasteiger charge is -2.15. The Bertz CT molecular complexity index is 628. The Labute approximate surface area is 120 Å². The van der Waals surface area contributed by atoms with Crippen LogP contribution in [0.5, 0.6) is 0 Å². The van der Waals surface area contributed by atoms with E-state index in [-0.39, 0.29) is 13.1 Å². The third kappa shape index (κ3) is 3.59. The topological polar surface area (TPSA) is 71.5 Å². The summed E-state index contributed by atoms with van der Waals surface area (Å²) in [5, 5.41) is -1.66. The largest absolute Gasteiger partial charge is 0.296 e. The van der Waals surface area contributed by atoms with Gasteiger partial charge in [0.05, 0.1) is 10.5 Å². The van der Waals surface area contributed by atoms with Crippen LogP contribution in [0, 0.1) is 0 Å². The molecule has 0 aliphatic carbocycles. The summed E-state index contributed by atoms with van der Waals surface area (Å²) in [7, 11) is -6.76. The molecule has 1 heterocycles. The molecule has 2 rings (SSSR count). The van der Waals surface area contributed by atoms with Crippen LogP contribution in [-0.2, 0) is 26.2 Å². The number of rotatable bonds is 4. The van der Waals surface area contributed by atoms with Crippen molar-refractivity contribution >= 4 is 19.7 Å². The molecule has 1 aliphatic rings. The van der Waals surface area contributed by atoms with Gasteiger partial charge >= 0.3 is 0 Å². The molecule has 2 unspecified atom stereocenters. The highest BCUT2D eigenvalue weighted by Crippen LogP contribution is 2.24. The van der Waals surface area contributed by atoms with Gasteiger partial charge in [0.1, 0.15) is 0 Å². The lowest BCUT2D eigenvalue weighted by molar-refractivity contribution is 0.331. The Morgan fingerprint density at radius 1 is 0.950 bits per heavy atom. The number of sulfone groups is 2. The summed E-state index contributed by atoms with van der Waals surface area (Å²) in [4.78, 5) is 1.90. The molecule has 1 aliphatic heterocycles. The van der Waals surface area contributed by atoms with Crippen LogP contribution in [0.1, 0.15) is 5.56 Å². The van der Waals surface area contributed by atoms with Gasteiger partial charge in [-0.2, -0.15) is 0 Å². The second-order valence-corrected chi connectivity index (χ2v) is 9.94. The Hall–Kier alpha value is -0.920. The van der Waals surface area contributed by atoms with Gasteiger partial charge in [-0.3, -0.25) is 4.90 Å². The summed E-state index contributed by atoms with van der Waals surface area (Å²) in [5.74, 6) is 0. The normalized spacial score (nSPS) is 24.9. The Balaban J connectivity index is 2.21. The zero-order chi connectivity index (χ0) is 15.0. The summed E-state index contributed by atoms with van der Waals surface area (Å²) >= 11 is 0. The lowest BCUT2D eigenvalue weighted by Crippen LogP contribution is -2.37. The maximum atomic E-state index is 11.8. The van der Waals surface area contributed by atoms with Crippen molar-refractivity contribution < 1.29 is 16.8 Å². The SMILES string of the molecule is CS(=O)(=O)C1CN(Cc2ccccc2)CC1S(C)(=O)=O. The van der Waals surface area contributed by atoms with Gasteiger partial charge in [-0.05, 0) is 5.56 Å². The Morgan fingerprint density at radius 3 is 1.80 bits per heavy atom. The standard InChI is InChI=1S/C13H19NO4S2/c1-19(15,16)12-9-14(10-13(12)20(2,17)18)8-11-6-4-3-5-7-11/h3-7,12-13H,8-10H2,1-2H3. The van der Waals surface area contributed by atoms with Gasteiger partial charge in [-0.1, -0.05) is 30.3 Å². The minimum atomic E-state index is -3.38. The van der Waals surface area contributed by atoms with E-state index < -0.39 is 30.2 Å². The molecule has 1 aromatic carbocycles. The van der Waals surface area contributed by atoms with E-state index >= 15 is 0 Å². The monoisotopic (exact) mass is 317 g/mol. The van der Waals surface area contributed by atoms with E-state index in [0.29, 0.717) is 6.54 Å². The summed E-state index contributed by atoms with van der Waals surface area (Å²) < 4.78 is 47.2. The molecule has 0 aromatic heterocycles. The second-order valence-electron chi connectivity index (χ2n) is 5.42. The van der Waals surface area contributed by atoms with Crippen molar-refractivity contribution in [1.82, 2.24) is 4.90 Å². The van der Waals surface area contributed by atoms with E-state index in [2.05, 4.69) is 0 Å². The maximum absolute atomic E-state index is 11.8. The minimum absolute atomic E-state index is 0.269. The first-order valence-corrected chi connectivity index (χ1v) is 10.2. The first-order chi connectivity index (χ1) is 9.18. The van der Waals surface area contributed by atoms with Crippen molar-refractivity contribution in [3.63, 3.8) is 0 Å². The first-order valence-electron chi connectivity index (χ1n) is 6.32. The molecule has 0 radical (unpaired) electrons. The van der Waals surface area contributed by atoms with E-state index in [0.717, 1.165) is 18.1 Å². The highest BCUT2D eigenvalue weighted by Gasteiger charge is 2.44. The average molecular weight is 317 g/mol. The first kappa shape index (κ1) is 15.5. The van der Waals surface area contributed by atoms with Crippen LogP contribution in [0.25, 0.3) is 0 Å². The second kappa shape index (κ2) is 5.46. The number of nitrogens with zero attached hydrogens (tertiary/aromatic N) is 1. The zero-order valence-corrected chi connectivity index (χ0v) is 13.2. The average Bonchev–Trinajstić information content (AvgIpc) is 2.74. The van der Waals surface area contributed by atoms with Gasteiger partial charge in [0.25, 0.3) is 0 Å². The third-order valence-corrected chi connectivity index (χ3v) is 6.97. The molecule has 1 fully saturated rings. The molecule has 0 N–H and O–H groups in total. The van der Waals surface area contributed by atoms with Crippen molar-refractivity contribution in [3.8, 4) is 0 Å². The number of likely N-dealkylation sites (tertiary alicyclic amines) is 1. The number of hydrogen-bond donors (Lipinski definition) is 0. The molecule has 7 heteroatoms. The van der Waals surface area contributed by atoms with Crippen LogP contribution in [-0.4, -0.2) is 57.8 Å². The molecule has 5 nitrogen and oxygen atoms in total. The number of benzene rings is 1. The predicted octanol–water partition coefficient (Wildman–Crippen LogP) is 0.329. The molecule has 0 bridgehead atoms. The Morgan fingerprint density at radius 2 is 1.40 bits per heavy atom. The molecule has 2 atom stereocenters. The molecule has 1 aromatic rings. The van der Waals surface area contributed by atoms with Crippen LogP contribution in [0.3, 0.4) is 0 Å². The third-order valence-electron chi connectivity index (χ3n) is 3.64. The van der Waals surface area contributed by atoms with Crippen molar-refractivity contribution in [2.24, 2.45) is 0 Å². The van der Waals surface area contributed by atoms with Crippen LogP contribution in [0.4, 0.5) is 0 Å². The van der Waals surface area contributed by atoms with E-state index in [9.17, 15) is 16.8 Å². The Kier molecular flexibility index (Phi) is 4.22. The molecule has 0 saturated carbocycles. The smallest absolute Gasteiger partial charge is 0.152 e. The molecule has 0 spiro atoms. The highest BCUT2D eigenvalue weighted by atomic mass is 32.2. The van der Waals surface area contributed by atoms with Gasteiger partial charge in [0, 0.05) is 32.1 Å². The van der Waals surface area contributed by atoms with Gasteiger partial charge in [0.15, 0.2) is 19.7 Å². The van der Waals surface area contributed by atoms with Gasteiger partial charge in [-0.15, -0.1) is 0 Å². The number of hydrogen-bond acceptors (Lipinski definition) is 5. The van der Waals surface area contributed by atoms with Crippen molar-refractivity contribution in [1.29, 1.82) is 0 Å². The van der Waals surface area contributed by atoms with Gasteiger partial charge in [0.2, 0.25) is 0 Å². The highest BCUT2D eigenvalue weighted by molar-refractivity contribution is 7.95. The van der Waals surface area contributed by atoms with E-state index in [1.165, 1.54) is 0 Å². The summed E-state index contributed by atoms with van der Waals surface area (Å²) in [6.07, 6.45) is 2.23. The van der Waals surface area contributed by atoms with Crippen molar-refractivity contribution in [2.75, 3.05) is 25.6 Å². The van der Waals surface area contributed by atoms with Crippen LogP contribution < -0.4 is 0 Å². The molecular formula is C13H19NO4S2. The van der Waals surface area contributed by atoms with Crippen molar-refractivity contribution in [2.45, 2.75) is 17.0 Å². The summed E-state index contributed by atoms with van der Waals surface area (Å²) in [6, 6.07) is 9.62. The van der Waals surface area contributed by atoms with E-state index in [4.69, 9.17) is 0 Å². The fraction of sp³-hybridized carbons (Fsp3) is 0.538. The fourth-order valence-electron chi connectivity index (χ4n) is 2.61. The summed E-state index contributed by atoms with van der Waals surface area (Å²) in [5.41, 5.74) is 1.05. The van der Waals surface area contributed by atoms with E-state index in [1.807, 2.05) is 35.2 Å². The molecule has 20 heavy (non-hydrogen) atoms. The fourth-order valence-corrected chi connectivity index (χ4v) is 6.06. The van der Waals surface area contributed by atoms with E-state index in [1.54, 1.807) is 0 Å². The predicted molar refractivity (Wildman–Crippen MR) is 79.0 cm³/mol. The van der Waals surface area contributed by atoms with Crippen molar-refractivity contribution in [3.05, 3.63) is 35.9 Å². The summed E-state index contributed by atoms with van der Waals surface area (Å²) in [6.45, 7) is 1.11. The zero-order valence-electron chi connectivity index (χ0n) is 11.6. The molecule has 1 saturated heterocycles.